The van der Waals surface area contributed by atoms with E-state index in [1.54, 1.807) is 24.3 Å². The average molecular weight is 390 g/mol. The van der Waals surface area contributed by atoms with E-state index in [0.717, 1.165) is 5.56 Å². The SMILES string of the molecule is Cc1ccc(S(=O)(=O)N2CCCC(C(=O)NCC(C)(C)N)C2)cc1.Cl. The van der Waals surface area contributed by atoms with Crippen LogP contribution in [-0.2, 0) is 14.8 Å². The van der Waals surface area contributed by atoms with Crippen LogP contribution in [0.5, 0.6) is 0 Å². The van der Waals surface area contributed by atoms with Gasteiger partial charge in [0.05, 0.1) is 10.8 Å². The Hall–Kier alpha value is -1.15. The normalized spacial score (nSPS) is 19.1. The number of aryl methyl sites for hydroxylation is 1. The summed E-state index contributed by atoms with van der Waals surface area (Å²) in [6.45, 7) is 6.61. The van der Waals surface area contributed by atoms with E-state index in [4.69, 9.17) is 5.73 Å². The highest BCUT2D eigenvalue weighted by molar-refractivity contribution is 7.89. The third-order valence-corrected chi connectivity index (χ3v) is 6.01. The van der Waals surface area contributed by atoms with E-state index in [1.807, 2.05) is 20.8 Å². The van der Waals surface area contributed by atoms with Crippen molar-refractivity contribution in [1.29, 1.82) is 0 Å². The first kappa shape index (κ1) is 21.9. The van der Waals surface area contributed by atoms with Gasteiger partial charge in [-0.3, -0.25) is 4.79 Å². The predicted molar refractivity (Wildman–Crippen MR) is 101 cm³/mol. The number of benzene rings is 1. The Morgan fingerprint density at radius 2 is 1.92 bits per heavy atom. The molecule has 1 saturated heterocycles. The molecule has 142 valence electrons. The largest absolute Gasteiger partial charge is 0.354 e. The Balaban J connectivity index is 0.00000312. The lowest BCUT2D eigenvalue weighted by atomic mass is 9.98. The van der Waals surface area contributed by atoms with Gasteiger partial charge in [0.1, 0.15) is 0 Å². The van der Waals surface area contributed by atoms with Crippen molar-refractivity contribution in [3.05, 3.63) is 29.8 Å². The third-order valence-electron chi connectivity index (χ3n) is 4.13. The van der Waals surface area contributed by atoms with Crippen molar-refractivity contribution in [3.8, 4) is 0 Å². The highest BCUT2D eigenvalue weighted by Gasteiger charge is 2.33. The molecule has 3 N–H and O–H groups in total. The fourth-order valence-electron chi connectivity index (χ4n) is 2.69. The number of piperidine rings is 1. The van der Waals surface area contributed by atoms with Crippen LogP contribution in [0.15, 0.2) is 29.2 Å². The number of amides is 1. The van der Waals surface area contributed by atoms with Crippen LogP contribution in [0.25, 0.3) is 0 Å². The molecule has 0 spiro atoms. The minimum Gasteiger partial charge on any atom is -0.354 e. The lowest BCUT2D eigenvalue weighted by Crippen LogP contribution is -2.50. The van der Waals surface area contributed by atoms with E-state index >= 15 is 0 Å². The van der Waals surface area contributed by atoms with Gasteiger partial charge in [0.15, 0.2) is 0 Å². The maximum Gasteiger partial charge on any atom is 0.243 e. The van der Waals surface area contributed by atoms with Gasteiger partial charge in [-0.2, -0.15) is 4.31 Å². The number of sulfonamides is 1. The lowest BCUT2D eigenvalue weighted by Gasteiger charge is -2.32. The summed E-state index contributed by atoms with van der Waals surface area (Å²) in [6, 6.07) is 6.80. The number of nitrogens with zero attached hydrogens (tertiary/aromatic N) is 1. The molecule has 0 aliphatic carbocycles. The molecular weight excluding hydrogens is 362 g/mol. The van der Waals surface area contributed by atoms with Crippen LogP contribution in [0.2, 0.25) is 0 Å². The van der Waals surface area contributed by atoms with Gasteiger partial charge in [0.2, 0.25) is 15.9 Å². The Morgan fingerprint density at radius 1 is 1.32 bits per heavy atom. The van der Waals surface area contributed by atoms with Crippen LogP contribution in [0, 0.1) is 12.8 Å². The van der Waals surface area contributed by atoms with Gasteiger partial charge in [-0.1, -0.05) is 17.7 Å². The molecule has 6 nitrogen and oxygen atoms in total. The second kappa shape index (κ2) is 8.49. The molecule has 0 bridgehead atoms. The maximum absolute atomic E-state index is 12.8. The minimum atomic E-state index is -3.56. The average Bonchev–Trinajstić information content (AvgIpc) is 2.52. The molecule has 1 unspecified atom stereocenters. The second-order valence-corrected chi connectivity index (χ2v) is 9.16. The number of halogens is 1. The van der Waals surface area contributed by atoms with Gasteiger partial charge < -0.3 is 11.1 Å². The number of carbonyl (C=O) groups excluding carboxylic acids is 1. The van der Waals surface area contributed by atoms with Crippen LogP contribution < -0.4 is 11.1 Å². The van der Waals surface area contributed by atoms with E-state index in [9.17, 15) is 13.2 Å². The maximum atomic E-state index is 12.8. The van der Waals surface area contributed by atoms with Crippen molar-refractivity contribution in [2.24, 2.45) is 11.7 Å². The van der Waals surface area contributed by atoms with Crippen LogP contribution in [0.3, 0.4) is 0 Å². The molecule has 2 rings (SSSR count). The monoisotopic (exact) mass is 389 g/mol. The summed E-state index contributed by atoms with van der Waals surface area (Å²) in [6.07, 6.45) is 1.37. The first-order valence-corrected chi connectivity index (χ1v) is 9.67. The molecule has 8 heteroatoms. The van der Waals surface area contributed by atoms with E-state index in [1.165, 1.54) is 4.31 Å². The van der Waals surface area contributed by atoms with Gasteiger partial charge in [-0.25, -0.2) is 8.42 Å². The molecule has 1 fully saturated rings. The van der Waals surface area contributed by atoms with Gasteiger partial charge in [-0.05, 0) is 45.7 Å². The zero-order valence-corrected chi connectivity index (χ0v) is 16.6. The van der Waals surface area contributed by atoms with Crippen molar-refractivity contribution in [1.82, 2.24) is 9.62 Å². The van der Waals surface area contributed by atoms with E-state index in [2.05, 4.69) is 5.32 Å². The van der Waals surface area contributed by atoms with Crippen LogP contribution in [0.1, 0.15) is 32.3 Å². The van der Waals surface area contributed by atoms with Crippen molar-refractivity contribution in [2.75, 3.05) is 19.6 Å². The fraction of sp³-hybridized carbons (Fsp3) is 0.588. The molecule has 1 atom stereocenters. The second-order valence-electron chi connectivity index (χ2n) is 7.22. The number of hydrogen-bond acceptors (Lipinski definition) is 4. The quantitative estimate of drug-likeness (QED) is 0.801. The van der Waals surface area contributed by atoms with Crippen LogP contribution in [0.4, 0.5) is 0 Å². The Labute approximate surface area is 156 Å². The highest BCUT2D eigenvalue weighted by atomic mass is 35.5. The summed E-state index contributed by atoms with van der Waals surface area (Å²) >= 11 is 0. The van der Waals surface area contributed by atoms with Crippen molar-refractivity contribution >= 4 is 28.3 Å². The predicted octanol–water partition coefficient (Wildman–Crippen LogP) is 1.67. The molecule has 1 aliphatic heterocycles. The first-order chi connectivity index (χ1) is 11.1. The Kier molecular flexibility index (Phi) is 7.43. The number of hydrogen-bond donors (Lipinski definition) is 2. The summed E-state index contributed by atoms with van der Waals surface area (Å²) < 4.78 is 26.9. The molecule has 0 saturated carbocycles. The fourth-order valence-corrected chi connectivity index (χ4v) is 4.22. The third kappa shape index (κ3) is 5.95. The van der Waals surface area contributed by atoms with E-state index in [-0.39, 0.29) is 35.7 Å². The van der Waals surface area contributed by atoms with E-state index < -0.39 is 15.6 Å². The van der Waals surface area contributed by atoms with Gasteiger partial charge in [0.25, 0.3) is 0 Å². The zero-order valence-electron chi connectivity index (χ0n) is 15.0. The number of nitrogens with one attached hydrogen (secondary N) is 1. The molecule has 1 aromatic rings. The topological polar surface area (TPSA) is 92.5 Å². The van der Waals surface area contributed by atoms with Crippen molar-refractivity contribution in [2.45, 2.75) is 44.0 Å². The van der Waals surface area contributed by atoms with Crippen LogP contribution >= 0.6 is 12.4 Å². The molecule has 1 heterocycles. The molecule has 25 heavy (non-hydrogen) atoms. The summed E-state index contributed by atoms with van der Waals surface area (Å²) in [5.74, 6) is -0.460. The molecule has 0 aromatic heterocycles. The summed E-state index contributed by atoms with van der Waals surface area (Å²) in [5.41, 5.74) is 6.40. The first-order valence-electron chi connectivity index (χ1n) is 8.23. The molecule has 1 aliphatic rings. The number of nitrogens with two attached hydrogens (primary N) is 1. The van der Waals surface area contributed by atoms with Gasteiger partial charge in [0, 0.05) is 25.2 Å². The lowest BCUT2D eigenvalue weighted by molar-refractivity contribution is -0.126. The highest BCUT2D eigenvalue weighted by Crippen LogP contribution is 2.24. The van der Waals surface area contributed by atoms with Crippen molar-refractivity contribution in [3.63, 3.8) is 0 Å². The Bertz CT molecular complexity index is 684. The smallest absolute Gasteiger partial charge is 0.243 e. The summed E-state index contributed by atoms with van der Waals surface area (Å²) in [5, 5.41) is 2.83. The standard InChI is InChI=1S/C17H27N3O3S.ClH/c1-13-6-8-15(9-7-13)24(22,23)20-10-4-5-14(11-20)16(21)19-12-17(2,3)18;/h6-9,14H,4-5,10-12,18H2,1-3H3,(H,19,21);1H. The Morgan fingerprint density at radius 3 is 2.48 bits per heavy atom. The van der Waals surface area contributed by atoms with Crippen molar-refractivity contribution < 1.29 is 13.2 Å². The number of carbonyl (C=O) groups is 1. The minimum absolute atomic E-state index is 0. The van der Waals surface area contributed by atoms with Gasteiger partial charge >= 0.3 is 0 Å². The summed E-state index contributed by atoms with van der Waals surface area (Å²) in [7, 11) is -3.56. The van der Waals surface area contributed by atoms with Crippen LogP contribution in [-0.4, -0.2) is 43.8 Å². The van der Waals surface area contributed by atoms with Gasteiger partial charge in [-0.15, -0.1) is 12.4 Å². The number of rotatable bonds is 5. The molecule has 0 radical (unpaired) electrons. The van der Waals surface area contributed by atoms with E-state index in [0.29, 0.717) is 25.9 Å². The molecular formula is C17H28ClN3O3S. The molecule has 1 amide bonds. The molecule has 1 aromatic carbocycles. The zero-order chi connectivity index (χ0) is 18.0. The summed E-state index contributed by atoms with van der Waals surface area (Å²) in [4.78, 5) is 12.6.